The number of likely N-dealkylation sites (N-methyl/N-ethyl adjacent to an activating group) is 1. The van der Waals surface area contributed by atoms with Crippen molar-refractivity contribution in [1.29, 1.82) is 0 Å². The van der Waals surface area contributed by atoms with E-state index >= 15 is 0 Å². The zero-order valence-corrected chi connectivity index (χ0v) is 15.4. The van der Waals surface area contributed by atoms with Crippen LogP contribution in [-0.4, -0.2) is 62.5 Å². The lowest BCUT2D eigenvalue weighted by Crippen LogP contribution is -2.44. The number of aromatic nitrogens is 4. The highest BCUT2D eigenvalue weighted by Gasteiger charge is 2.37. The van der Waals surface area contributed by atoms with Gasteiger partial charge in [0, 0.05) is 26.7 Å². The molecule has 1 unspecified atom stereocenters. The first-order valence-corrected chi connectivity index (χ1v) is 9.17. The molecule has 0 amide bonds. The summed E-state index contributed by atoms with van der Waals surface area (Å²) in [5.74, 6) is 0.621. The van der Waals surface area contributed by atoms with Crippen molar-refractivity contribution in [3.63, 3.8) is 0 Å². The van der Waals surface area contributed by atoms with Gasteiger partial charge in [-0.3, -0.25) is 4.90 Å². The van der Waals surface area contributed by atoms with Crippen LogP contribution >= 0.6 is 0 Å². The van der Waals surface area contributed by atoms with Gasteiger partial charge in [-0.2, -0.15) is 4.68 Å². The van der Waals surface area contributed by atoms with Crippen LogP contribution in [-0.2, 0) is 6.54 Å². The molecular weight excluding hydrogens is 340 g/mol. The number of hydrogen-bond donors (Lipinski definition) is 1. The number of nitrogens with zero attached hydrogens (tertiary/aromatic N) is 6. The minimum absolute atomic E-state index is 0.478. The first-order valence-electron chi connectivity index (χ1n) is 9.17. The third-order valence-electron chi connectivity index (χ3n) is 4.99. The van der Waals surface area contributed by atoms with Crippen molar-refractivity contribution in [2.75, 3.05) is 31.6 Å². The summed E-state index contributed by atoms with van der Waals surface area (Å²) in [6, 6.07) is 20.1. The molecule has 140 valence electrons. The van der Waals surface area contributed by atoms with E-state index in [2.05, 4.69) is 44.7 Å². The Labute approximate surface area is 158 Å². The van der Waals surface area contributed by atoms with Crippen molar-refractivity contribution in [3.8, 4) is 5.69 Å². The molecule has 0 spiro atoms. The predicted octanol–water partition coefficient (Wildman–Crippen LogP) is 1.74. The molecule has 0 saturated carbocycles. The summed E-state index contributed by atoms with van der Waals surface area (Å²) in [6.45, 7) is 2.85. The lowest BCUT2D eigenvalue weighted by molar-refractivity contribution is 0.0559. The van der Waals surface area contributed by atoms with E-state index in [-0.39, 0.29) is 0 Å². The third-order valence-corrected chi connectivity index (χ3v) is 4.99. The van der Waals surface area contributed by atoms with Crippen LogP contribution in [0.25, 0.3) is 5.69 Å². The maximum Gasteiger partial charge on any atom is 0.250 e. The molecule has 1 aromatic heterocycles. The normalized spacial score (nSPS) is 20.1. The van der Waals surface area contributed by atoms with Crippen molar-refractivity contribution in [2.45, 2.75) is 18.6 Å². The lowest BCUT2D eigenvalue weighted by Gasteiger charge is -2.29. The molecular formula is C20H24N6O. The average Bonchev–Trinajstić information content (AvgIpc) is 3.30. The number of β-amino-alcohol motifs (C(OH)–C–C–N with tert-alkyl or cyclic N) is 1. The van der Waals surface area contributed by atoms with Crippen LogP contribution in [0.1, 0.15) is 12.0 Å². The van der Waals surface area contributed by atoms with Crippen molar-refractivity contribution in [2.24, 2.45) is 0 Å². The number of rotatable bonds is 6. The van der Waals surface area contributed by atoms with Crippen LogP contribution in [0.5, 0.6) is 0 Å². The highest BCUT2D eigenvalue weighted by molar-refractivity contribution is 5.40. The highest BCUT2D eigenvalue weighted by Crippen LogP contribution is 2.25. The smallest absolute Gasteiger partial charge is 0.250 e. The number of likely N-dealkylation sites (tertiary alicyclic amines) is 1. The number of hydrogen-bond acceptors (Lipinski definition) is 6. The molecule has 1 aliphatic heterocycles. The Morgan fingerprint density at radius 1 is 1.07 bits per heavy atom. The molecule has 1 atom stereocenters. The second kappa shape index (κ2) is 7.46. The largest absolute Gasteiger partial charge is 0.387 e. The fourth-order valence-electron chi connectivity index (χ4n) is 3.72. The van der Waals surface area contributed by atoms with E-state index in [0.717, 1.165) is 25.2 Å². The standard InChI is InChI=1S/C20H24N6O/c1-24(19-21-22-23-26(19)18-10-6-3-7-11-18)15-20(27)12-13-25(16-20)14-17-8-4-2-5-9-17/h2-11,27H,12-16H2,1H3. The second-order valence-corrected chi connectivity index (χ2v) is 7.25. The number of tetrazole rings is 1. The fraction of sp³-hybridized carbons (Fsp3) is 0.350. The molecule has 2 heterocycles. The highest BCUT2D eigenvalue weighted by atomic mass is 16.3. The summed E-state index contributed by atoms with van der Waals surface area (Å²) in [7, 11) is 1.92. The summed E-state index contributed by atoms with van der Waals surface area (Å²) in [6.07, 6.45) is 0.733. The van der Waals surface area contributed by atoms with E-state index in [1.807, 2.05) is 48.3 Å². The van der Waals surface area contributed by atoms with Crippen LogP contribution in [0.4, 0.5) is 5.95 Å². The third kappa shape index (κ3) is 3.99. The summed E-state index contributed by atoms with van der Waals surface area (Å²) in [5.41, 5.74) is 1.38. The number of benzene rings is 2. The van der Waals surface area contributed by atoms with Gasteiger partial charge in [0.25, 0.3) is 0 Å². The van der Waals surface area contributed by atoms with E-state index in [9.17, 15) is 5.11 Å². The van der Waals surface area contributed by atoms with E-state index in [1.165, 1.54) is 5.56 Å². The van der Waals surface area contributed by atoms with Gasteiger partial charge >= 0.3 is 0 Å². The molecule has 1 N–H and O–H groups in total. The molecule has 0 bridgehead atoms. The van der Waals surface area contributed by atoms with Gasteiger partial charge in [0.2, 0.25) is 5.95 Å². The van der Waals surface area contributed by atoms with Crippen LogP contribution in [0, 0.1) is 0 Å². The molecule has 0 radical (unpaired) electrons. The summed E-state index contributed by atoms with van der Waals surface area (Å²) in [5, 5.41) is 23.2. The number of aliphatic hydroxyl groups is 1. The van der Waals surface area contributed by atoms with Crippen LogP contribution in [0.3, 0.4) is 0 Å². The zero-order chi connectivity index (χ0) is 18.7. The Bertz CT molecular complexity index is 868. The molecule has 4 rings (SSSR count). The lowest BCUT2D eigenvalue weighted by atomic mass is 10.0. The Morgan fingerprint density at radius 3 is 2.52 bits per heavy atom. The molecule has 1 fully saturated rings. The van der Waals surface area contributed by atoms with Gasteiger partial charge in [0.05, 0.1) is 17.8 Å². The van der Waals surface area contributed by atoms with Crippen LogP contribution in [0.15, 0.2) is 60.7 Å². The molecule has 27 heavy (non-hydrogen) atoms. The zero-order valence-electron chi connectivity index (χ0n) is 15.4. The van der Waals surface area contributed by atoms with E-state index in [0.29, 0.717) is 19.0 Å². The van der Waals surface area contributed by atoms with Crippen molar-refractivity contribution < 1.29 is 5.11 Å². The minimum atomic E-state index is -0.781. The van der Waals surface area contributed by atoms with Gasteiger partial charge in [-0.05, 0) is 34.5 Å². The molecule has 1 saturated heterocycles. The second-order valence-electron chi connectivity index (χ2n) is 7.25. The van der Waals surface area contributed by atoms with Crippen molar-refractivity contribution >= 4 is 5.95 Å². The van der Waals surface area contributed by atoms with Gasteiger partial charge < -0.3 is 10.0 Å². The maximum absolute atomic E-state index is 11.1. The maximum atomic E-state index is 11.1. The summed E-state index contributed by atoms with van der Waals surface area (Å²) < 4.78 is 1.69. The fourth-order valence-corrected chi connectivity index (χ4v) is 3.72. The molecule has 0 aliphatic carbocycles. The van der Waals surface area contributed by atoms with Gasteiger partial charge in [-0.1, -0.05) is 53.6 Å². The number of para-hydroxylation sites is 1. The molecule has 7 heteroatoms. The van der Waals surface area contributed by atoms with E-state index < -0.39 is 5.60 Å². The molecule has 3 aromatic rings. The quantitative estimate of drug-likeness (QED) is 0.718. The molecule has 7 nitrogen and oxygen atoms in total. The first-order chi connectivity index (χ1) is 13.1. The average molecular weight is 364 g/mol. The van der Waals surface area contributed by atoms with Gasteiger partial charge in [-0.15, -0.1) is 0 Å². The van der Waals surface area contributed by atoms with Gasteiger partial charge in [0.15, 0.2) is 0 Å². The monoisotopic (exact) mass is 364 g/mol. The molecule has 1 aliphatic rings. The van der Waals surface area contributed by atoms with E-state index in [4.69, 9.17) is 0 Å². The Morgan fingerprint density at radius 2 is 1.78 bits per heavy atom. The van der Waals surface area contributed by atoms with Gasteiger partial charge in [0.1, 0.15) is 0 Å². The Hall–Kier alpha value is -2.77. The topological polar surface area (TPSA) is 70.3 Å². The van der Waals surface area contributed by atoms with Crippen molar-refractivity contribution in [3.05, 3.63) is 66.2 Å². The predicted molar refractivity (Wildman–Crippen MR) is 104 cm³/mol. The minimum Gasteiger partial charge on any atom is -0.387 e. The van der Waals surface area contributed by atoms with E-state index in [1.54, 1.807) is 4.68 Å². The van der Waals surface area contributed by atoms with Crippen molar-refractivity contribution in [1.82, 2.24) is 25.1 Å². The molecule has 2 aromatic carbocycles. The summed E-state index contributed by atoms with van der Waals surface area (Å²) >= 11 is 0. The Balaban J connectivity index is 1.43. The number of anilines is 1. The SMILES string of the molecule is CN(CC1(O)CCN(Cc2ccccc2)C1)c1nnnn1-c1ccccc1. The van der Waals surface area contributed by atoms with Crippen LogP contribution < -0.4 is 4.90 Å². The Kier molecular flexibility index (Phi) is 4.87. The first kappa shape index (κ1) is 17.6. The van der Waals surface area contributed by atoms with Gasteiger partial charge in [-0.25, -0.2) is 0 Å². The van der Waals surface area contributed by atoms with Crippen LogP contribution in [0.2, 0.25) is 0 Å². The summed E-state index contributed by atoms with van der Waals surface area (Å²) in [4.78, 5) is 4.22.